The molecular formula is C22H35N3O4S. The van der Waals surface area contributed by atoms with Crippen LogP contribution in [0.15, 0.2) is 29.2 Å². The zero-order chi connectivity index (χ0) is 21.4. The molecule has 2 heterocycles. The van der Waals surface area contributed by atoms with Gasteiger partial charge in [-0.2, -0.15) is 4.31 Å². The van der Waals surface area contributed by atoms with Crippen LogP contribution in [0.1, 0.15) is 37.7 Å². The highest BCUT2D eigenvalue weighted by Crippen LogP contribution is 2.27. The van der Waals surface area contributed by atoms with Gasteiger partial charge in [-0.25, -0.2) is 8.42 Å². The number of hydrogen-bond acceptors (Lipinski definition) is 5. The lowest BCUT2D eigenvalue weighted by Gasteiger charge is -2.31. The molecule has 0 bridgehead atoms. The van der Waals surface area contributed by atoms with E-state index < -0.39 is 10.0 Å². The second-order valence-corrected chi connectivity index (χ2v) is 10.2. The van der Waals surface area contributed by atoms with Crippen molar-refractivity contribution in [1.82, 2.24) is 14.5 Å². The van der Waals surface area contributed by atoms with Gasteiger partial charge < -0.3 is 10.1 Å². The molecule has 0 atom stereocenters. The molecule has 1 aromatic rings. The fraction of sp³-hybridized carbons (Fsp3) is 0.682. The number of aryl methyl sites for hydroxylation is 1. The molecule has 30 heavy (non-hydrogen) atoms. The molecular weight excluding hydrogens is 402 g/mol. The number of rotatable bonds is 9. The number of ether oxygens (including phenoxy) is 1. The molecule has 1 N–H and O–H groups in total. The summed E-state index contributed by atoms with van der Waals surface area (Å²) < 4.78 is 32.7. The fourth-order valence-corrected chi connectivity index (χ4v) is 5.90. The van der Waals surface area contributed by atoms with Crippen LogP contribution in [0, 0.1) is 12.8 Å². The van der Waals surface area contributed by atoms with Crippen LogP contribution in [-0.2, 0) is 19.6 Å². The number of sulfonamides is 1. The Hall–Kier alpha value is -1.48. The first kappa shape index (κ1) is 23.2. The zero-order valence-electron chi connectivity index (χ0n) is 18.0. The molecule has 1 amide bonds. The van der Waals surface area contributed by atoms with Gasteiger partial charge in [0, 0.05) is 39.1 Å². The molecule has 1 aromatic carbocycles. The van der Waals surface area contributed by atoms with Crippen molar-refractivity contribution in [3.05, 3.63) is 29.8 Å². The molecule has 0 spiro atoms. The van der Waals surface area contributed by atoms with Crippen molar-refractivity contribution in [2.45, 2.75) is 43.9 Å². The van der Waals surface area contributed by atoms with Crippen molar-refractivity contribution in [3.63, 3.8) is 0 Å². The number of morpholine rings is 1. The van der Waals surface area contributed by atoms with Gasteiger partial charge >= 0.3 is 0 Å². The first-order valence-electron chi connectivity index (χ1n) is 11.1. The molecule has 2 aliphatic rings. The largest absolute Gasteiger partial charge is 0.379 e. The van der Waals surface area contributed by atoms with E-state index in [1.165, 1.54) is 0 Å². The molecule has 0 aromatic heterocycles. The van der Waals surface area contributed by atoms with Crippen molar-refractivity contribution < 1.29 is 17.9 Å². The standard InChI is InChI=1S/C22H35N3O4S/c1-19-5-2-3-6-21(19)30(27,28)25-13-9-20(10-14-25)7-8-22(26)23-11-4-12-24-15-17-29-18-16-24/h2-3,5-6,20H,4,7-18H2,1H3,(H,23,26). The Morgan fingerprint density at radius 1 is 1.13 bits per heavy atom. The smallest absolute Gasteiger partial charge is 0.243 e. The van der Waals surface area contributed by atoms with Crippen LogP contribution in [0.5, 0.6) is 0 Å². The topological polar surface area (TPSA) is 79.0 Å². The summed E-state index contributed by atoms with van der Waals surface area (Å²) in [6.07, 6.45) is 3.94. The third kappa shape index (κ3) is 6.51. The highest BCUT2D eigenvalue weighted by atomic mass is 32.2. The van der Waals surface area contributed by atoms with Gasteiger partial charge in [0.05, 0.1) is 18.1 Å². The molecule has 2 saturated heterocycles. The number of benzene rings is 1. The Morgan fingerprint density at radius 2 is 1.83 bits per heavy atom. The van der Waals surface area contributed by atoms with E-state index in [0.717, 1.165) is 64.1 Å². The van der Waals surface area contributed by atoms with Gasteiger partial charge in [-0.05, 0) is 56.7 Å². The van der Waals surface area contributed by atoms with E-state index in [4.69, 9.17) is 4.74 Å². The van der Waals surface area contributed by atoms with Gasteiger partial charge in [0.2, 0.25) is 15.9 Å². The van der Waals surface area contributed by atoms with Crippen molar-refractivity contribution in [1.29, 1.82) is 0 Å². The van der Waals surface area contributed by atoms with E-state index in [2.05, 4.69) is 10.2 Å². The van der Waals surface area contributed by atoms with Gasteiger partial charge in [0.15, 0.2) is 0 Å². The average Bonchev–Trinajstić information content (AvgIpc) is 2.76. The summed E-state index contributed by atoms with van der Waals surface area (Å²) in [5.41, 5.74) is 0.782. The van der Waals surface area contributed by atoms with Crippen LogP contribution >= 0.6 is 0 Å². The second-order valence-electron chi connectivity index (χ2n) is 8.31. The summed E-state index contributed by atoms with van der Waals surface area (Å²) in [6.45, 7) is 8.16. The van der Waals surface area contributed by atoms with Crippen molar-refractivity contribution in [3.8, 4) is 0 Å². The van der Waals surface area contributed by atoms with E-state index in [-0.39, 0.29) is 5.91 Å². The minimum Gasteiger partial charge on any atom is -0.379 e. The second kappa shape index (κ2) is 11.2. The van der Waals surface area contributed by atoms with E-state index >= 15 is 0 Å². The van der Waals surface area contributed by atoms with Crippen LogP contribution in [0.2, 0.25) is 0 Å². The Bertz CT molecular complexity index is 785. The molecule has 0 radical (unpaired) electrons. The minimum absolute atomic E-state index is 0.104. The molecule has 7 nitrogen and oxygen atoms in total. The SMILES string of the molecule is Cc1ccccc1S(=O)(=O)N1CCC(CCC(=O)NCCCN2CCOCC2)CC1. The number of nitrogens with zero attached hydrogens (tertiary/aromatic N) is 2. The summed E-state index contributed by atoms with van der Waals surface area (Å²) in [5.74, 6) is 0.513. The lowest BCUT2D eigenvalue weighted by atomic mass is 9.93. The summed E-state index contributed by atoms with van der Waals surface area (Å²) in [5, 5.41) is 3.02. The number of nitrogens with one attached hydrogen (secondary N) is 1. The summed E-state index contributed by atoms with van der Waals surface area (Å²) in [7, 11) is -3.43. The Labute approximate surface area is 180 Å². The summed E-state index contributed by atoms with van der Waals surface area (Å²) >= 11 is 0. The summed E-state index contributed by atoms with van der Waals surface area (Å²) in [4.78, 5) is 14.9. The molecule has 8 heteroatoms. The van der Waals surface area contributed by atoms with Crippen molar-refractivity contribution in [2.75, 3.05) is 52.5 Å². The lowest BCUT2D eigenvalue weighted by molar-refractivity contribution is -0.121. The number of carbonyl (C=O) groups excluding carboxylic acids is 1. The molecule has 0 unspecified atom stereocenters. The predicted octanol–water partition coefficient (Wildman–Crippen LogP) is 2.01. The molecule has 3 rings (SSSR count). The number of piperidine rings is 1. The first-order chi connectivity index (χ1) is 14.5. The average molecular weight is 438 g/mol. The zero-order valence-corrected chi connectivity index (χ0v) is 18.8. The van der Waals surface area contributed by atoms with Gasteiger partial charge in [0.1, 0.15) is 0 Å². The van der Waals surface area contributed by atoms with Gasteiger partial charge in [-0.15, -0.1) is 0 Å². The van der Waals surface area contributed by atoms with Gasteiger partial charge in [-0.3, -0.25) is 9.69 Å². The quantitative estimate of drug-likeness (QED) is 0.598. The van der Waals surface area contributed by atoms with Crippen LogP contribution in [0.3, 0.4) is 0 Å². The van der Waals surface area contributed by atoms with E-state index in [9.17, 15) is 13.2 Å². The van der Waals surface area contributed by atoms with Crippen molar-refractivity contribution >= 4 is 15.9 Å². The van der Waals surface area contributed by atoms with Crippen molar-refractivity contribution in [2.24, 2.45) is 5.92 Å². The van der Waals surface area contributed by atoms with Crippen LogP contribution in [-0.4, -0.2) is 76.0 Å². The third-order valence-corrected chi connectivity index (χ3v) is 8.20. The number of hydrogen-bond donors (Lipinski definition) is 1. The Kier molecular flexibility index (Phi) is 8.68. The Balaban J connectivity index is 1.32. The van der Waals surface area contributed by atoms with E-state index in [0.29, 0.717) is 36.9 Å². The van der Waals surface area contributed by atoms with Crippen LogP contribution in [0.25, 0.3) is 0 Å². The van der Waals surface area contributed by atoms with Crippen LogP contribution in [0.4, 0.5) is 0 Å². The minimum atomic E-state index is -3.43. The van der Waals surface area contributed by atoms with Gasteiger partial charge in [-0.1, -0.05) is 18.2 Å². The Morgan fingerprint density at radius 3 is 2.53 bits per heavy atom. The van der Waals surface area contributed by atoms with E-state index in [1.54, 1.807) is 16.4 Å². The lowest BCUT2D eigenvalue weighted by Crippen LogP contribution is -2.39. The monoisotopic (exact) mass is 437 g/mol. The van der Waals surface area contributed by atoms with Crippen LogP contribution < -0.4 is 5.32 Å². The maximum atomic E-state index is 12.9. The normalized spacial score (nSPS) is 19.6. The predicted molar refractivity (Wildman–Crippen MR) is 117 cm³/mol. The maximum absolute atomic E-state index is 12.9. The molecule has 2 aliphatic heterocycles. The van der Waals surface area contributed by atoms with Gasteiger partial charge in [0.25, 0.3) is 0 Å². The maximum Gasteiger partial charge on any atom is 0.243 e. The molecule has 0 aliphatic carbocycles. The molecule has 0 saturated carbocycles. The molecule has 168 valence electrons. The fourth-order valence-electron chi connectivity index (χ4n) is 4.20. The first-order valence-corrected chi connectivity index (χ1v) is 12.5. The number of amides is 1. The summed E-state index contributed by atoms with van der Waals surface area (Å²) in [6, 6.07) is 7.14. The number of carbonyl (C=O) groups is 1. The highest BCUT2D eigenvalue weighted by Gasteiger charge is 2.30. The van der Waals surface area contributed by atoms with E-state index in [1.807, 2.05) is 19.1 Å². The highest BCUT2D eigenvalue weighted by molar-refractivity contribution is 7.89. The molecule has 2 fully saturated rings. The third-order valence-electron chi connectivity index (χ3n) is 6.14.